The summed E-state index contributed by atoms with van der Waals surface area (Å²) in [6, 6.07) is -0.147. The number of hydrogen-bond acceptors (Lipinski definition) is 2. The third-order valence-corrected chi connectivity index (χ3v) is 3.24. The number of nitrogens with zero attached hydrogens (tertiary/aromatic N) is 2. The molecule has 1 atom stereocenters. The first-order valence-corrected chi connectivity index (χ1v) is 5.82. The van der Waals surface area contributed by atoms with E-state index in [9.17, 15) is 9.59 Å². The van der Waals surface area contributed by atoms with E-state index in [-0.39, 0.29) is 17.9 Å². The highest BCUT2D eigenvalue weighted by atomic mass is 16.2. The van der Waals surface area contributed by atoms with Crippen LogP contribution in [-0.2, 0) is 9.59 Å². The van der Waals surface area contributed by atoms with Gasteiger partial charge in [0.1, 0.15) is 6.04 Å². The van der Waals surface area contributed by atoms with Gasteiger partial charge in [0.05, 0.1) is 6.54 Å². The predicted molar refractivity (Wildman–Crippen MR) is 56.2 cm³/mol. The number of piperazine rings is 1. The van der Waals surface area contributed by atoms with E-state index in [1.54, 1.807) is 9.80 Å². The first-order valence-electron chi connectivity index (χ1n) is 5.82. The number of piperidine rings is 1. The minimum Gasteiger partial charge on any atom is -0.332 e. The van der Waals surface area contributed by atoms with Gasteiger partial charge in [0, 0.05) is 13.1 Å². The van der Waals surface area contributed by atoms with Gasteiger partial charge in [0.25, 0.3) is 0 Å². The number of hydrogen-bond donors (Lipinski definition) is 0. The van der Waals surface area contributed by atoms with Crippen molar-refractivity contribution in [2.24, 2.45) is 0 Å². The fraction of sp³-hybridized carbons (Fsp3) is 0.818. The highest BCUT2D eigenvalue weighted by Gasteiger charge is 2.39. The number of amides is 2. The van der Waals surface area contributed by atoms with Gasteiger partial charge in [-0.1, -0.05) is 6.92 Å². The Morgan fingerprint density at radius 3 is 2.87 bits per heavy atom. The molecule has 4 heteroatoms. The third-order valence-electron chi connectivity index (χ3n) is 3.24. The van der Waals surface area contributed by atoms with Gasteiger partial charge in [-0.2, -0.15) is 0 Å². The van der Waals surface area contributed by atoms with Crippen LogP contribution in [0.1, 0.15) is 32.6 Å². The van der Waals surface area contributed by atoms with Crippen LogP contribution in [0.15, 0.2) is 0 Å². The first-order chi connectivity index (χ1) is 7.24. The van der Waals surface area contributed by atoms with Crippen LogP contribution < -0.4 is 0 Å². The highest BCUT2D eigenvalue weighted by molar-refractivity contribution is 5.95. The molecule has 0 aliphatic carbocycles. The van der Waals surface area contributed by atoms with Crippen molar-refractivity contribution in [1.82, 2.24) is 9.80 Å². The average Bonchev–Trinajstić information content (AvgIpc) is 2.26. The first kappa shape index (κ1) is 10.5. The van der Waals surface area contributed by atoms with Gasteiger partial charge >= 0.3 is 0 Å². The molecule has 2 amide bonds. The topological polar surface area (TPSA) is 40.6 Å². The second kappa shape index (κ2) is 4.21. The molecule has 2 heterocycles. The maximum atomic E-state index is 12.0. The van der Waals surface area contributed by atoms with Crippen LogP contribution in [0.25, 0.3) is 0 Å². The lowest BCUT2D eigenvalue weighted by Gasteiger charge is -2.42. The smallest absolute Gasteiger partial charge is 0.245 e. The van der Waals surface area contributed by atoms with Crippen LogP contribution in [0.3, 0.4) is 0 Å². The molecule has 0 aromatic carbocycles. The lowest BCUT2D eigenvalue weighted by Crippen LogP contribution is -2.61. The molecule has 0 aromatic rings. The van der Waals surface area contributed by atoms with Crippen molar-refractivity contribution in [2.75, 3.05) is 19.6 Å². The normalized spacial score (nSPS) is 26.9. The standard InChI is InChI=1S/C11H18N2O2/c1-2-6-12-8-10(14)13-7-4-3-5-9(13)11(12)15/h9H,2-8H2,1H3. The van der Waals surface area contributed by atoms with E-state index in [1.807, 2.05) is 6.92 Å². The fourth-order valence-electron chi connectivity index (χ4n) is 2.49. The molecule has 84 valence electrons. The molecular weight excluding hydrogens is 192 g/mol. The summed E-state index contributed by atoms with van der Waals surface area (Å²) >= 11 is 0. The molecule has 1 unspecified atom stereocenters. The molecule has 0 bridgehead atoms. The summed E-state index contributed by atoms with van der Waals surface area (Å²) < 4.78 is 0. The van der Waals surface area contributed by atoms with Crippen molar-refractivity contribution < 1.29 is 9.59 Å². The van der Waals surface area contributed by atoms with Crippen LogP contribution in [-0.4, -0.2) is 47.3 Å². The Hall–Kier alpha value is -1.06. The van der Waals surface area contributed by atoms with Gasteiger partial charge in [0.2, 0.25) is 11.8 Å². The molecule has 15 heavy (non-hydrogen) atoms. The average molecular weight is 210 g/mol. The predicted octanol–water partition coefficient (Wildman–Crippen LogP) is 0.620. The number of fused-ring (bicyclic) bond motifs is 1. The maximum absolute atomic E-state index is 12.0. The van der Waals surface area contributed by atoms with Gasteiger partial charge in [0.15, 0.2) is 0 Å². The molecule has 2 aliphatic heterocycles. The molecule has 2 saturated heterocycles. The van der Waals surface area contributed by atoms with E-state index < -0.39 is 0 Å². The molecule has 0 radical (unpaired) electrons. The molecule has 0 saturated carbocycles. The fourth-order valence-corrected chi connectivity index (χ4v) is 2.49. The quantitative estimate of drug-likeness (QED) is 0.670. The highest BCUT2D eigenvalue weighted by Crippen LogP contribution is 2.22. The van der Waals surface area contributed by atoms with E-state index in [4.69, 9.17) is 0 Å². The third kappa shape index (κ3) is 1.85. The van der Waals surface area contributed by atoms with Crippen molar-refractivity contribution in [3.63, 3.8) is 0 Å². The van der Waals surface area contributed by atoms with E-state index >= 15 is 0 Å². The molecule has 4 nitrogen and oxygen atoms in total. The summed E-state index contributed by atoms with van der Waals surface area (Å²) in [6.45, 7) is 3.82. The van der Waals surface area contributed by atoms with Crippen molar-refractivity contribution in [3.8, 4) is 0 Å². The molecule has 2 aliphatic rings. The summed E-state index contributed by atoms with van der Waals surface area (Å²) in [4.78, 5) is 27.3. The zero-order valence-corrected chi connectivity index (χ0v) is 9.24. The number of carbonyl (C=O) groups is 2. The number of rotatable bonds is 2. The summed E-state index contributed by atoms with van der Waals surface area (Å²) in [5, 5.41) is 0. The number of carbonyl (C=O) groups excluding carboxylic acids is 2. The van der Waals surface area contributed by atoms with Crippen LogP contribution >= 0.6 is 0 Å². The minimum atomic E-state index is -0.147. The van der Waals surface area contributed by atoms with E-state index in [2.05, 4.69) is 0 Å². The van der Waals surface area contributed by atoms with Gasteiger partial charge in [-0.25, -0.2) is 0 Å². The Balaban J connectivity index is 2.11. The van der Waals surface area contributed by atoms with Gasteiger partial charge in [-0.3, -0.25) is 9.59 Å². The molecule has 0 N–H and O–H groups in total. The Morgan fingerprint density at radius 1 is 1.33 bits per heavy atom. The lowest BCUT2D eigenvalue weighted by molar-refractivity contribution is -0.157. The Kier molecular flexibility index (Phi) is 2.93. The minimum absolute atomic E-state index is 0.132. The Bertz CT molecular complexity index is 278. The van der Waals surface area contributed by atoms with Crippen LogP contribution in [0, 0.1) is 0 Å². The van der Waals surface area contributed by atoms with Crippen LogP contribution in [0.5, 0.6) is 0 Å². The second-order valence-corrected chi connectivity index (χ2v) is 4.36. The van der Waals surface area contributed by atoms with Crippen molar-refractivity contribution in [2.45, 2.75) is 38.6 Å². The lowest BCUT2D eigenvalue weighted by atomic mass is 9.98. The molecule has 0 aromatic heterocycles. The van der Waals surface area contributed by atoms with E-state index in [0.29, 0.717) is 6.54 Å². The van der Waals surface area contributed by atoms with E-state index in [1.165, 1.54) is 0 Å². The van der Waals surface area contributed by atoms with Gasteiger partial charge in [-0.15, -0.1) is 0 Å². The maximum Gasteiger partial charge on any atom is 0.245 e. The zero-order valence-electron chi connectivity index (χ0n) is 9.24. The summed E-state index contributed by atoms with van der Waals surface area (Å²) in [5.41, 5.74) is 0. The zero-order chi connectivity index (χ0) is 10.8. The Labute approximate surface area is 90.2 Å². The molecule has 0 spiro atoms. The van der Waals surface area contributed by atoms with E-state index in [0.717, 1.165) is 38.8 Å². The van der Waals surface area contributed by atoms with Gasteiger partial charge < -0.3 is 9.80 Å². The molecular formula is C11H18N2O2. The monoisotopic (exact) mass is 210 g/mol. The van der Waals surface area contributed by atoms with Crippen molar-refractivity contribution in [1.29, 1.82) is 0 Å². The summed E-state index contributed by atoms with van der Waals surface area (Å²) in [7, 11) is 0. The summed E-state index contributed by atoms with van der Waals surface area (Å²) in [6.07, 6.45) is 3.89. The largest absolute Gasteiger partial charge is 0.332 e. The molecule has 2 fully saturated rings. The SMILES string of the molecule is CCCN1CC(=O)N2CCCCC2C1=O. The van der Waals surface area contributed by atoms with Crippen molar-refractivity contribution >= 4 is 11.8 Å². The second-order valence-electron chi connectivity index (χ2n) is 4.36. The molecule has 2 rings (SSSR count). The summed E-state index contributed by atoms with van der Waals surface area (Å²) in [5.74, 6) is 0.295. The Morgan fingerprint density at radius 2 is 2.13 bits per heavy atom. The van der Waals surface area contributed by atoms with Crippen LogP contribution in [0.4, 0.5) is 0 Å². The van der Waals surface area contributed by atoms with Gasteiger partial charge in [-0.05, 0) is 25.7 Å². The van der Waals surface area contributed by atoms with Crippen LogP contribution in [0.2, 0.25) is 0 Å². The van der Waals surface area contributed by atoms with Crippen molar-refractivity contribution in [3.05, 3.63) is 0 Å².